The highest BCUT2D eigenvalue weighted by Gasteiger charge is 2.31. The Morgan fingerprint density at radius 1 is 1.43 bits per heavy atom. The van der Waals surface area contributed by atoms with Gasteiger partial charge in [0.2, 0.25) is 0 Å². The highest BCUT2D eigenvalue weighted by atomic mass is 19.4. The lowest BCUT2D eigenvalue weighted by atomic mass is 10.1. The number of nitrogens with zero attached hydrogens (tertiary/aromatic N) is 1. The summed E-state index contributed by atoms with van der Waals surface area (Å²) in [5, 5.41) is 9.14. The Morgan fingerprint density at radius 3 is 2.86 bits per heavy atom. The zero-order chi connectivity index (χ0) is 15.5. The molecule has 1 saturated heterocycles. The van der Waals surface area contributed by atoms with Crippen LogP contribution in [0.1, 0.15) is 12.5 Å². The minimum absolute atomic E-state index is 0.0690. The number of aliphatic hydroxyl groups is 1. The lowest BCUT2D eigenvalue weighted by molar-refractivity contribution is -0.274. The second-order valence-corrected chi connectivity index (χ2v) is 5.11. The molecule has 1 aliphatic heterocycles. The summed E-state index contributed by atoms with van der Waals surface area (Å²) < 4.78 is 46.0. The molecule has 1 N–H and O–H groups in total. The van der Waals surface area contributed by atoms with Gasteiger partial charge in [-0.3, -0.25) is 4.90 Å². The molecule has 1 heterocycles. The minimum Gasteiger partial charge on any atom is -0.406 e. The highest BCUT2D eigenvalue weighted by molar-refractivity contribution is 5.28. The summed E-state index contributed by atoms with van der Waals surface area (Å²) in [6.07, 6.45) is -4.94. The van der Waals surface area contributed by atoms with Crippen molar-refractivity contribution in [2.24, 2.45) is 0 Å². The summed E-state index contributed by atoms with van der Waals surface area (Å²) in [5.41, 5.74) is 0.724. The molecule has 21 heavy (non-hydrogen) atoms. The van der Waals surface area contributed by atoms with Gasteiger partial charge >= 0.3 is 6.36 Å². The third-order valence-corrected chi connectivity index (χ3v) is 3.36. The van der Waals surface area contributed by atoms with Gasteiger partial charge in [0.15, 0.2) is 0 Å². The standard InChI is InChI=1S/C14H18F3NO3/c1-10-9-20-13(8-19)7-18(10)6-11-3-2-4-12(5-11)21-14(15,16)17/h2-5,10,13,19H,6-9H2,1H3/t10-,13+/m1/s1. The van der Waals surface area contributed by atoms with Crippen LogP contribution in [0.15, 0.2) is 24.3 Å². The zero-order valence-corrected chi connectivity index (χ0v) is 11.6. The molecule has 2 atom stereocenters. The van der Waals surface area contributed by atoms with E-state index < -0.39 is 6.36 Å². The van der Waals surface area contributed by atoms with Crippen molar-refractivity contribution in [2.45, 2.75) is 32.0 Å². The first-order valence-electron chi connectivity index (χ1n) is 6.68. The molecule has 1 fully saturated rings. The van der Waals surface area contributed by atoms with E-state index in [9.17, 15) is 13.2 Å². The molecule has 1 aromatic rings. The maximum atomic E-state index is 12.2. The number of halogens is 3. The van der Waals surface area contributed by atoms with Gasteiger partial charge in [0.1, 0.15) is 5.75 Å². The lowest BCUT2D eigenvalue weighted by Crippen LogP contribution is -2.48. The van der Waals surface area contributed by atoms with Crippen molar-refractivity contribution in [3.8, 4) is 5.75 Å². The number of hydrogen-bond donors (Lipinski definition) is 1. The van der Waals surface area contributed by atoms with Crippen LogP contribution in [-0.4, -0.2) is 48.3 Å². The minimum atomic E-state index is -4.69. The molecule has 7 heteroatoms. The Balaban J connectivity index is 2.03. The molecule has 0 amide bonds. The van der Waals surface area contributed by atoms with Crippen molar-refractivity contribution >= 4 is 0 Å². The van der Waals surface area contributed by atoms with Gasteiger partial charge in [-0.25, -0.2) is 0 Å². The summed E-state index contributed by atoms with van der Waals surface area (Å²) in [4.78, 5) is 2.07. The second-order valence-electron chi connectivity index (χ2n) is 5.11. The van der Waals surface area contributed by atoms with Crippen LogP contribution >= 0.6 is 0 Å². The monoisotopic (exact) mass is 305 g/mol. The van der Waals surface area contributed by atoms with Gasteiger partial charge < -0.3 is 14.6 Å². The molecule has 0 spiro atoms. The van der Waals surface area contributed by atoms with Crippen LogP contribution in [0.2, 0.25) is 0 Å². The number of aliphatic hydroxyl groups excluding tert-OH is 1. The number of rotatable bonds is 4. The summed E-state index contributed by atoms with van der Waals surface area (Å²) in [6.45, 7) is 3.42. The zero-order valence-electron chi connectivity index (χ0n) is 11.6. The van der Waals surface area contributed by atoms with E-state index in [2.05, 4.69) is 9.64 Å². The molecular formula is C14H18F3NO3. The van der Waals surface area contributed by atoms with E-state index >= 15 is 0 Å². The van der Waals surface area contributed by atoms with Gasteiger partial charge in [0.25, 0.3) is 0 Å². The number of hydrogen-bond acceptors (Lipinski definition) is 4. The molecule has 1 aliphatic rings. The van der Waals surface area contributed by atoms with Crippen molar-refractivity contribution in [1.82, 2.24) is 4.90 Å². The molecule has 0 radical (unpaired) electrons. The van der Waals surface area contributed by atoms with E-state index in [1.54, 1.807) is 6.07 Å². The Labute approximate surface area is 121 Å². The Bertz CT molecular complexity index is 467. The van der Waals surface area contributed by atoms with Crippen LogP contribution in [0.25, 0.3) is 0 Å². The molecular weight excluding hydrogens is 287 g/mol. The van der Waals surface area contributed by atoms with Gasteiger partial charge in [-0.2, -0.15) is 0 Å². The van der Waals surface area contributed by atoms with Crippen LogP contribution in [0.3, 0.4) is 0 Å². The summed E-state index contributed by atoms with van der Waals surface area (Å²) in [5.74, 6) is -0.223. The largest absolute Gasteiger partial charge is 0.573 e. The molecule has 0 bridgehead atoms. The van der Waals surface area contributed by atoms with Crippen LogP contribution in [0, 0.1) is 0 Å². The SMILES string of the molecule is C[C@@H]1CO[C@H](CO)CN1Cc1cccc(OC(F)(F)F)c1. The fourth-order valence-corrected chi connectivity index (χ4v) is 2.28. The van der Waals surface area contributed by atoms with Crippen LogP contribution < -0.4 is 4.74 Å². The van der Waals surface area contributed by atoms with E-state index in [1.807, 2.05) is 6.92 Å². The molecule has 118 valence electrons. The van der Waals surface area contributed by atoms with Gasteiger partial charge in [-0.15, -0.1) is 13.2 Å². The number of ether oxygens (including phenoxy) is 2. The molecule has 2 rings (SSSR count). The first-order chi connectivity index (χ1) is 9.87. The smallest absolute Gasteiger partial charge is 0.406 e. The van der Waals surface area contributed by atoms with E-state index in [4.69, 9.17) is 9.84 Å². The predicted octanol–water partition coefficient (Wildman–Crippen LogP) is 2.17. The predicted molar refractivity (Wildman–Crippen MR) is 69.8 cm³/mol. The van der Waals surface area contributed by atoms with E-state index in [0.29, 0.717) is 19.7 Å². The number of morpholine rings is 1. The van der Waals surface area contributed by atoms with E-state index in [1.165, 1.54) is 18.2 Å². The Morgan fingerprint density at radius 2 is 2.19 bits per heavy atom. The first-order valence-corrected chi connectivity index (χ1v) is 6.68. The molecule has 0 aromatic heterocycles. The van der Waals surface area contributed by atoms with Gasteiger partial charge in [-0.1, -0.05) is 12.1 Å². The van der Waals surface area contributed by atoms with Crippen LogP contribution in [-0.2, 0) is 11.3 Å². The molecule has 0 aliphatic carbocycles. The normalized spacial score (nSPS) is 24.0. The lowest BCUT2D eigenvalue weighted by Gasteiger charge is -2.37. The fourth-order valence-electron chi connectivity index (χ4n) is 2.28. The highest BCUT2D eigenvalue weighted by Crippen LogP contribution is 2.24. The maximum absolute atomic E-state index is 12.2. The second kappa shape index (κ2) is 6.64. The van der Waals surface area contributed by atoms with Crippen molar-refractivity contribution in [3.05, 3.63) is 29.8 Å². The average molecular weight is 305 g/mol. The van der Waals surface area contributed by atoms with Crippen molar-refractivity contribution in [2.75, 3.05) is 19.8 Å². The van der Waals surface area contributed by atoms with Crippen molar-refractivity contribution < 1.29 is 27.8 Å². The summed E-state index contributed by atoms with van der Waals surface area (Å²) in [7, 11) is 0. The summed E-state index contributed by atoms with van der Waals surface area (Å²) >= 11 is 0. The summed E-state index contributed by atoms with van der Waals surface area (Å²) in [6, 6.07) is 6.07. The maximum Gasteiger partial charge on any atom is 0.573 e. The van der Waals surface area contributed by atoms with Crippen LogP contribution in [0.4, 0.5) is 13.2 Å². The average Bonchev–Trinajstić information content (AvgIpc) is 2.40. The Kier molecular flexibility index (Phi) is 5.08. The fraction of sp³-hybridized carbons (Fsp3) is 0.571. The topological polar surface area (TPSA) is 41.9 Å². The van der Waals surface area contributed by atoms with Crippen LogP contribution in [0.5, 0.6) is 5.75 Å². The third-order valence-electron chi connectivity index (χ3n) is 3.36. The van der Waals surface area contributed by atoms with Gasteiger partial charge in [0, 0.05) is 19.1 Å². The molecule has 0 unspecified atom stereocenters. The van der Waals surface area contributed by atoms with Gasteiger partial charge in [-0.05, 0) is 24.6 Å². The first kappa shape index (κ1) is 16.1. The van der Waals surface area contributed by atoms with E-state index in [0.717, 1.165) is 5.56 Å². The quantitative estimate of drug-likeness (QED) is 0.926. The molecule has 4 nitrogen and oxygen atoms in total. The van der Waals surface area contributed by atoms with Gasteiger partial charge in [0.05, 0.1) is 19.3 Å². The molecule has 1 aromatic carbocycles. The number of benzene rings is 1. The van der Waals surface area contributed by atoms with E-state index in [-0.39, 0.29) is 24.5 Å². The Hall–Kier alpha value is -1.31. The third kappa shape index (κ3) is 4.87. The molecule has 0 saturated carbocycles. The van der Waals surface area contributed by atoms with Crippen molar-refractivity contribution in [1.29, 1.82) is 0 Å². The number of alkyl halides is 3. The van der Waals surface area contributed by atoms with Crippen molar-refractivity contribution in [3.63, 3.8) is 0 Å².